The summed E-state index contributed by atoms with van der Waals surface area (Å²) in [5, 5.41) is 0.742. The second-order valence-electron chi connectivity index (χ2n) is 4.70. The van der Waals surface area contributed by atoms with Crippen LogP contribution in [-0.4, -0.2) is 11.1 Å². The van der Waals surface area contributed by atoms with E-state index in [-0.39, 0.29) is 11.9 Å². The zero-order chi connectivity index (χ0) is 12.5. The summed E-state index contributed by atoms with van der Waals surface area (Å²) in [6.07, 6.45) is 5.99. The van der Waals surface area contributed by atoms with Crippen LogP contribution in [0.4, 0.5) is 10.1 Å². The standard InChI is InChI=1S/C14H15FN2O/c15-11-8-12(16)10-6-3-7-17-13(10)14(11)18-9-4-1-2-5-9/h3,6-9H,1-2,4-5,16H2. The van der Waals surface area contributed by atoms with Crippen LogP contribution in [0.25, 0.3) is 10.9 Å². The number of nitrogens with two attached hydrogens (primary N) is 1. The molecular formula is C14H15FN2O. The third kappa shape index (κ3) is 1.88. The van der Waals surface area contributed by atoms with Crippen molar-refractivity contribution in [3.63, 3.8) is 0 Å². The van der Waals surface area contributed by atoms with Crippen molar-refractivity contribution in [3.8, 4) is 5.75 Å². The zero-order valence-corrected chi connectivity index (χ0v) is 10.0. The largest absolute Gasteiger partial charge is 0.485 e. The summed E-state index contributed by atoms with van der Waals surface area (Å²) in [6.45, 7) is 0. The van der Waals surface area contributed by atoms with E-state index in [2.05, 4.69) is 4.98 Å². The molecule has 2 aromatic rings. The van der Waals surface area contributed by atoms with Crippen molar-refractivity contribution in [2.24, 2.45) is 0 Å². The molecule has 0 spiro atoms. The van der Waals surface area contributed by atoms with Crippen LogP contribution in [0.1, 0.15) is 25.7 Å². The van der Waals surface area contributed by atoms with E-state index in [1.807, 2.05) is 6.07 Å². The number of fused-ring (bicyclic) bond motifs is 1. The molecule has 3 rings (SSSR count). The number of ether oxygens (including phenoxy) is 1. The van der Waals surface area contributed by atoms with Crippen molar-refractivity contribution in [1.29, 1.82) is 0 Å². The van der Waals surface area contributed by atoms with Gasteiger partial charge in [-0.25, -0.2) is 4.39 Å². The molecule has 94 valence electrons. The van der Waals surface area contributed by atoms with E-state index in [9.17, 15) is 4.39 Å². The van der Waals surface area contributed by atoms with Crippen LogP contribution in [-0.2, 0) is 0 Å². The first-order chi connectivity index (χ1) is 8.75. The second-order valence-corrected chi connectivity index (χ2v) is 4.70. The summed E-state index contributed by atoms with van der Waals surface area (Å²) in [4.78, 5) is 4.20. The average Bonchev–Trinajstić information content (AvgIpc) is 2.87. The number of hydrogen-bond donors (Lipinski definition) is 1. The molecule has 0 bridgehead atoms. The predicted molar refractivity (Wildman–Crippen MR) is 69.0 cm³/mol. The van der Waals surface area contributed by atoms with E-state index in [4.69, 9.17) is 10.5 Å². The van der Waals surface area contributed by atoms with Gasteiger partial charge in [0.2, 0.25) is 0 Å². The normalized spacial score (nSPS) is 16.3. The van der Waals surface area contributed by atoms with Gasteiger partial charge in [0.15, 0.2) is 11.6 Å². The van der Waals surface area contributed by atoms with Crippen LogP contribution in [0.15, 0.2) is 24.4 Å². The van der Waals surface area contributed by atoms with E-state index < -0.39 is 5.82 Å². The second kappa shape index (κ2) is 4.44. The molecule has 3 nitrogen and oxygen atoms in total. The highest BCUT2D eigenvalue weighted by Gasteiger charge is 2.21. The van der Waals surface area contributed by atoms with Crippen molar-refractivity contribution in [2.75, 3.05) is 5.73 Å². The van der Waals surface area contributed by atoms with Gasteiger partial charge in [-0.15, -0.1) is 0 Å². The zero-order valence-electron chi connectivity index (χ0n) is 10.0. The molecule has 1 aliphatic rings. The van der Waals surface area contributed by atoms with Gasteiger partial charge in [-0.05, 0) is 37.8 Å². The molecular weight excluding hydrogens is 231 g/mol. The molecule has 0 saturated heterocycles. The first-order valence-corrected chi connectivity index (χ1v) is 6.25. The number of benzene rings is 1. The fourth-order valence-electron chi connectivity index (χ4n) is 2.50. The number of halogens is 1. The third-order valence-corrected chi connectivity index (χ3v) is 3.42. The SMILES string of the molecule is Nc1cc(F)c(OC2CCCC2)c2ncccc12. The highest BCUT2D eigenvalue weighted by molar-refractivity contribution is 5.94. The molecule has 4 heteroatoms. The van der Waals surface area contributed by atoms with Crippen LogP contribution in [0.5, 0.6) is 5.75 Å². The fourth-order valence-corrected chi connectivity index (χ4v) is 2.50. The van der Waals surface area contributed by atoms with E-state index in [1.54, 1.807) is 12.3 Å². The molecule has 1 aromatic heterocycles. The van der Waals surface area contributed by atoms with Gasteiger partial charge in [-0.3, -0.25) is 4.98 Å². The minimum atomic E-state index is -0.425. The Balaban J connectivity index is 2.09. The molecule has 1 heterocycles. The van der Waals surface area contributed by atoms with Crippen molar-refractivity contribution < 1.29 is 9.13 Å². The Kier molecular flexibility index (Phi) is 2.78. The van der Waals surface area contributed by atoms with Gasteiger partial charge >= 0.3 is 0 Å². The molecule has 0 amide bonds. The molecule has 1 aromatic carbocycles. The molecule has 1 saturated carbocycles. The Hall–Kier alpha value is -1.84. The lowest BCUT2D eigenvalue weighted by Crippen LogP contribution is -2.12. The van der Waals surface area contributed by atoms with Gasteiger partial charge in [0.25, 0.3) is 0 Å². The maximum absolute atomic E-state index is 14.0. The Bertz CT molecular complexity index is 579. The van der Waals surface area contributed by atoms with Crippen molar-refractivity contribution in [3.05, 3.63) is 30.2 Å². The Morgan fingerprint density at radius 1 is 1.33 bits per heavy atom. The average molecular weight is 246 g/mol. The predicted octanol–water partition coefficient (Wildman–Crippen LogP) is 3.28. The number of nitrogen functional groups attached to an aromatic ring is 1. The van der Waals surface area contributed by atoms with Crippen molar-refractivity contribution in [2.45, 2.75) is 31.8 Å². The quantitative estimate of drug-likeness (QED) is 0.827. The summed E-state index contributed by atoms with van der Waals surface area (Å²) in [6, 6.07) is 4.93. The number of hydrogen-bond acceptors (Lipinski definition) is 3. The van der Waals surface area contributed by atoms with Crippen LogP contribution in [0.2, 0.25) is 0 Å². The smallest absolute Gasteiger partial charge is 0.181 e. The number of aromatic nitrogens is 1. The van der Waals surface area contributed by atoms with Gasteiger partial charge in [-0.1, -0.05) is 0 Å². The van der Waals surface area contributed by atoms with Gasteiger partial charge in [0.05, 0.1) is 6.10 Å². The lowest BCUT2D eigenvalue weighted by atomic mass is 10.1. The maximum Gasteiger partial charge on any atom is 0.181 e. The summed E-state index contributed by atoms with van der Waals surface area (Å²) >= 11 is 0. The first kappa shape index (κ1) is 11.3. The van der Waals surface area contributed by atoms with Crippen LogP contribution >= 0.6 is 0 Å². The Labute approximate surface area is 105 Å². The first-order valence-electron chi connectivity index (χ1n) is 6.25. The topological polar surface area (TPSA) is 48.1 Å². The third-order valence-electron chi connectivity index (χ3n) is 3.42. The van der Waals surface area contributed by atoms with E-state index >= 15 is 0 Å². The summed E-state index contributed by atoms with van der Waals surface area (Å²) in [7, 11) is 0. The van der Waals surface area contributed by atoms with Crippen LogP contribution in [0.3, 0.4) is 0 Å². The minimum Gasteiger partial charge on any atom is -0.485 e. The molecule has 18 heavy (non-hydrogen) atoms. The highest BCUT2D eigenvalue weighted by atomic mass is 19.1. The number of pyridine rings is 1. The molecule has 0 atom stereocenters. The molecule has 1 fully saturated rings. The molecule has 0 unspecified atom stereocenters. The summed E-state index contributed by atoms with van der Waals surface area (Å²) < 4.78 is 19.8. The fraction of sp³-hybridized carbons (Fsp3) is 0.357. The summed E-state index contributed by atoms with van der Waals surface area (Å²) in [5.74, 6) is -0.183. The van der Waals surface area contributed by atoms with Crippen molar-refractivity contribution in [1.82, 2.24) is 4.98 Å². The monoisotopic (exact) mass is 246 g/mol. The molecule has 2 N–H and O–H groups in total. The Morgan fingerprint density at radius 2 is 2.11 bits per heavy atom. The highest BCUT2D eigenvalue weighted by Crippen LogP contribution is 2.34. The van der Waals surface area contributed by atoms with E-state index in [1.165, 1.54) is 6.07 Å². The number of anilines is 1. The lowest BCUT2D eigenvalue weighted by Gasteiger charge is -2.16. The molecule has 0 aliphatic heterocycles. The lowest BCUT2D eigenvalue weighted by molar-refractivity contribution is 0.203. The van der Waals surface area contributed by atoms with Gasteiger partial charge in [0.1, 0.15) is 5.52 Å². The number of nitrogens with zero attached hydrogens (tertiary/aromatic N) is 1. The Morgan fingerprint density at radius 3 is 2.89 bits per heavy atom. The number of rotatable bonds is 2. The van der Waals surface area contributed by atoms with E-state index in [0.29, 0.717) is 11.2 Å². The summed E-state index contributed by atoms with van der Waals surface area (Å²) in [5.41, 5.74) is 6.71. The molecule has 0 radical (unpaired) electrons. The van der Waals surface area contributed by atoms with Crippen LogP contribution in [0, 0.1) is 5.82 Å². The van der Waals surface area contributed by atoms with E-state index in [0.717, 1.165) is 31.1 Å². The molecule has 1 aliphatic carbocycles. The maximum atomic E-state index is 14.0. The van der Waals surface area contributed by atoms with Gasteiger partial charge < -0.3 is 10.5 Å². The van der Waals surface area contributed by atoms with Gasteiger partial charge in [0, 0.05) is 23.3 Å². The van der Waals surface area contributed by atoms with Crippen molar-refractivity contribution >= 4 is 16.6 Å². The van der Waals surface area contributed by atoms with Crippen LogP contribution < -0.4 is 10.5 Å². The van der Waals surface area contributed by atoms with Gasteiger partial charge in [-0.2, -0.15) is 0 Å². The minimum absolute atomic E-state index is 0.105.